The molecule has 0 bridgehead atoms. The minimum Gasteiger partial charge on any atom is -0.232 e. The summed E-state index contributed by atoms with van der Waals surface area (Å²) >= 11 is 1.86. The third-order valence-electron chi connectivity index (χ3n) is 0.981. The van der Waals surface area contributed by atoms with E-state index in [-0.39, 0.29) is 5.03 Å². The molecule has 0 amide bonds. The van der Waals surface area contributed by atoms with Crippen molar-refractivity contribution in [1.29, 1.82) is 0 Å². The van der Waals surface area contributed by atoms with E-state index in [4.69, 9.17) is 0 Å². The van der Waals surface area contributed by atoms with Gasteiger partial charge in [0.2, 0.25) is 0 Å². The molecule has 0 aromatic carbocycles. The molecular weight excluding hydrogens is 279 g/mol. The Morgan fingerprint density at radius 2 is 2.18 bits per heavy atom. The summed E-state index contributed by atoms with van der Waals surface area (Å²) in [5, 5.41) is 0.0666. The first-order chi connectivity index (χ1) is 5.00. The SMILES string of the molecule is CS(=O)(=O)c1ccnc(I)n1. The van der Waals surface area contributed by atoms with Gasteiger partial charge in [-0.3, -0.25) is 0 Å². The summed E-state index contributed by atoms with van der Waals surface area (Å²) in [7, 11) is -3.18. The molecule has 6 heteroatoms. The van der Waals surface area contributed by atoms with Gasteiger partial charge in [0.1, 0.15) is 0 Å². The van der Waals surface area contributed by atoms with Crippen molar-refractivity contribution in [2.75, 3.05) is 6.26 Å². The van der Waals surface area contributed by atoms with Gasteiger partial charge in [0.05, 0.1) is 0 Å². The van der Waals surface area contributed by atoms with E-state index in [1.54, 1.807) is 0 Å². The quantitative estimate of drug-likeness (QED) is 0.427. The third-order valence-corrected chi connectivity index (χ3v) is 2.49. The molecule has 0 aliphatic heterocycles. The zero-order chi connectivity index (χ0) is 8.48. The lowest BCUT2D eigenvalue weighted by molar-refractivity contribution is 0.597. The second-order valence-electron chi connectivity index (χ2n) is 1.94. The van der Waals surface area contributed by atoms with Crippen LogP contribution in [0.2, 0.25) is 0 Å². The minimum atomic E-state index is -3.18. The van der Waals surface area contributed by atoms with E-state index >= 15 is 0 Å². The van der Waals surface area contributed by atoms with Crippen molar-refractivity contribution in [1.82, 2.24) is 9.97 Å². The summed E-state index contributed by atoms with van der Waals surface area (Å²) < 4.78 is 22.2. The van der Waals surface area contributed by atoms with Gasteiger partial charge >= 0.3 is 0 Å². The van der Waals surface area contributed by atoms with Crippen LogP contribution in [0.5, 0.6) is 0 Å². The van der Waals surface area contributed by atoms with Gasteiger partial charge < -0.3 is 0 Å². The average Bonchev–Trinajstić information content (AvgIpc) is 1.86. The molecule has 0 unspecified atom stereocenters. The fourth-order valence-corrected chi connectivity index (χ4v) is 1.67. The predicted molar refractivity (Wildman–Crippen MR) is 47.9 cm³/mol. The molecule has 0 fully saturated rings. The molecule has 1 rings (SSSR count). The van der Waals surface area contributed by atoms with Crippen LogP contribution in [0.15, 0.2) is 17.3 Å². The molecule has 60 valence electrons. The highest BCUT2D eigenvalue weighted by molar-refractivity contribution is 14.1. The van der Waals surface area contributed by atoms with Crippen LogP contribution in [-0.4, -0.2) is 24.6 Å². The fraction of sp³-hybridized carbons (Fsp3) is 0.200. The highest BCUT2D eigenvalue weighted by Crippen LogP contribution is 2.04. The van der Waals surface area contributed by atoms with Gasteiger partial charge in [-0.1, -0.05) is 0 Å². The van der Waals surface area contributed by atoms with Crippen molar-refractivity contribution in [3.8, 4) is 0 Å². The van der Waals surface area contributed by atoms with Gasteiger partial charge in [-0.2, -0.15) is 0 Å². The minimum absolute atomic E-state index is 0.0666. The predicted octanol–water partition coefficient (Wildman–Crippen LogP) is 0.485. The van der Waals surface area contributed by atoms with Crippen molar-refractivity contribution >= 4 is 32.4 Å². The van der Waals surface area contributed by atoms with Crippen molar-refractivity contribution in [2.24, 2.45) is 0 Å². The topological polar surface area (TPSA) is 59.9 Å². The summed E-state index contributed by atoms with van der Waals surface area (Å²) in [5.41, 5.74) is 0. The second-order valence-corrected chi connectivity index (χ2v) is 4.86. The van der Waals surface area contributed by atoms with E-state index in [9.17, 15) is 8.42 Å². The van der Waals surface area contributed by atoms with E-state index in [0.29, 0.717) is 3.83 Å². The average molecular weight is 284 g/mol. The Morgan fingerprint density at radius 3 is 2.55 bits per heavy atom. The van der Waals surface area contributed by atoms with Crippen molar-refractivity contribution in [3.63, 3.8) is 0 Å². The van der Waals surface area contributed by atoms with Crippen molar-refractivity contribution < 1.29 is 8.42 Å². The molecule has 4 nitrogen and oxygen atoms in total. The summed E-state index contributed by atoms with van der Waals surface area (Å²) in [6, 6.07) is 1.37. The molecule has 0 spiro atoms. The number of hydrogen-bond donors (Lipinski definition) is 0. The maximum absolute atomic E-state index is 10.9. The van der Waals surface area contributed by atoms with Gasteiger partial charge in [0.25, 0.3) is 0 Å². The maximum Gasteiger partial charge on any atom is 0.192 e. The van der Waals surface area contributed by atoms with Crippen LogP contribution in [0.1, 0.15) is 0 Å². The molecule has 0 aliphatic rings. The first-order valence-corrected chi connectivity index (χ1v) is 5.66. The Kier molecular flexibility index (Phi) is 2.43. The highest BCUT2D eigenvalue weighted by Gasteiger charge is 2.08. The van der Waals surface area contributed by atoms with Crippen LogP contribution >= 0.6 is 22.6 Å². The summed E-state index contributed by atoms with van der Waals surface area (Å²) in [5.74, 6) is 0. The normalized spacial score (nSPS) is 11.5. The zero-order valence-corrected chi connectivity index (χ0v) is 8.63. The number of aromatic nitrogens is 2. The molecule has 11 heavy (non-hydrogen) atoms. The standard InChI is InChI=1S/C5H5IN2O2S/c1-11(9,10)4-2-3-7-5(6)8-4/h2-3H,1H3. The first kappa shape index (κ1) is 8.85. The van der Waals surface area contributed by atoms with Crippen LogP contribution in [0, 0.1) is 3.83 Å². The van der Waals surface area contributed by atoms with E-state index in [0.717, 1.165) is 6.26 Å². The Labute approximate surface area is 78.1 Å². The number of rotatable bonds is 1. The molecule has 0 atom stereocenters. The molecule has 0 radical (unpaired) electrons. The van der Waals surface area contributed by atoms with E-state index < -0.39 is 9.84 Å². The largest absolute Gasteiger partial charge is 0.232 e. The van der Waals surface area contributed by atoms with Crippen LogP contribution in [0.4, 0.5) is 0 Å². The van der Waals surface area contributed by atoms with Crippen LogP contribution < -0.4 is 0 Å². The van der Waals surface area contributed by atoms with Gasteiger partial charge in [-0.25, -0.2) is 18.4 Å². The summed E-state index contributed by atoms with van der Waals surface area (Å²) in [4.78, 5) is 7.50. The first-order valence-electron chi connectivity index (χ1n) is 2.69. The Bertz CT molecular complexity index is 363. The zero-order valence-electron chi connectivity index (χ0n) is 5.65. The number of hydrogen-bond acceptors (Lipinski definition) is 4. The molecular formula is C5H5IN2O2S. The lowest BCUT2D eigenvalue weighted by atomic mass is 10.7. The maximum atomic E-state index is 10.9. The Hall–Kier alpha value is -0.240. The molecule has 0 N–H and O–H groups in total. The van der Waals surface area contributed by atoms with Crippen LogP contribution in [-0.2, 0) is 9.84 Å². The Morgan fingerprint density at radius 1 is 1.55 bits per heavy atom. The summed E-state index contributed by atoms with van der Waals surface area (Å²) in [6.07, 6.45) is 2.54. The number of sulfone groups is 1. The van der Waals surface area contributed by atoms with Gasteiger partial charge in [0.15, 0.2) is 18.7 Å². The van der Waals surface area contributed by atoms with E-state index in [2.05, 4.69) is 9.97 Å². The highest BCUT2D eigenvalue weighted by atomic mass is 127. The van der Waals surface area contributed by atoms with E-state index in [1.165, 1.54) is 12.3 Å². The molecule has 1 aromatic heterocycles. The van der Waals surface area contributed by atoms with Crippen molar-refractivity contribution in [3.05, 3.63) is 16.1 Å². The van der Waals surface area contributed by atoms with E-state index in [1.807, 2.05) is 22.6 Å². The molecule has 1 heterocycles. The van der Waals surface area contributed by atoms with Gasteiger partial charge in [0, 0.05) is 35.0 Å². The molecule has 0 saturated carbocycles. The molecule has 0 aliphatic carbocycles. The Balaban J connectivity index is 3.28. The van der Waals surface area contributed by atoms with Crippen LogP contribution in [0.25, 0.3) is 0 Å². The second kappa shape index (κ2) is 3.02. The lowest BCUT2D eigenvalue weighted by Gasteiger charge is -1.94. The van der Waals surface area contributed by atoms with Gasteiger partial charge in [-0.05, 0) is 6.07 Å². The van der Waals surface area contributed by atoms with Crippen molar-refractivity contribution in [2.45, 2.75) is 5.03 Å². The summed E-state index contributed by atoms with van der Waals surface area (Å²) in [6.45, 7) is 0. The smallest absolute Gasteiger partial charge is 0.192 e. The number of nitrogens with zero attached hydrogens (tertiary/aromatic N) is 2. The monoisotopic (exact) mass is 284 g/mol. The lowest BCUT2D eigenvalue weighted by Crippen LogP contribution is -2.02. The van der Waals surface area contributed by atoms with Gasteiger partial charge in [-0.15, -0.1) is 0 Å². The van der Waals surface area contributed by atoms with Crippen LogP contribution in [0.3, 0.4) is 0 Å². The number of halogens is 1. The fourth-order valence-electron chi connectivity index (χ4n) is 0.526. The molecule has 1 aromatic rings. The third kappa shape index (κ3) is 2.37. The molecule has 0 saturated heterocycles.